The molecule has 8 aromatic carbocycles. The van der Waals surface area contributed by atoms with Crippen molar-refractivity contribution in [1.82, 2.24) is 0 Å². The number of phenolic OH excluding ortho intramolecular Hbond substituents is 1. The quantitative estimate of drug-likeness (QED) is 0.136. The predicted octanol–water partition coefficient (Wildman–Crippen LogP) is 14.5. The molecule has 0 fully saturated rings. The van der Waals surface area contributed by atoms with E-state index in [1.165, 1.54) is 0 Å². The number of hydrogen-bond donors (Lipinski definition) is 2. The number of methoxy groups -OCH3 is 2. The highest BCUT2D eigenvalue weighted by Crippen LogP contribution is 2.44. The van der Waals surface area contributed by atoms with E-state index in [-0.39, 0.29) is 5.75 Å². The van der Waals surface area contributed by atoms with Gasteiger partial charge in [0.2, 0.25) is 0 Å². The molecule has 0 aliphatic carbocycles. The van der Waals surface area contributed by atoms with Gasteiger partial charge in [-0.25, -0.2) is 0 Å². The monoisotopic (exact) mass is 735 g/mol. The van der Waals surface area contributed by atoms with Crippen LogP contribution < -0.4 is 14.8 Å². The molecule has 0 aromatic heterocycles. The molecule has 274 valence electrons. The van der Waals surface area contributed by atoms with E-state index >= 15 is 0 Å². The van der Waals surface area contributed by atoms with E-state index in [0.29, 0.717) is 39.6 Å². The van der Waals surface area contributed by atoms with E-state index in [0.717, 1.165) is 60.9 Å². The van der Waals surface area contributed by atoms with Crippen molar-refractivity contribution in [3.05, 3.63) is 151 Å². The predicted molar refractivity (Wildman–Crippen MR) is 225 cm³/mol. The Morgan fingerprint density at radius 3 is 1.82 bits per heavy atom. The minimum atomic E-state index is 0.0595. The largest absolute Gasteiger partial charge is 0.505 e. The van der Waals surface area contributed by atoms with Crippen LogP contribution in [0.4, 0.5) is 45.5 Å². The van der Waals surface area contributed by atoms with E-state index in [2.05, 4.69) is 43.0 Å². The molecule has 0 bridgehead atoms. The van der Waals surface area contributed by atoms with Gasteiger partial charge in [-0.05, 0) is 102 Å². The number of phenols is 1. The number of nitrogens with zero attached hydrogens (tertiary/aromatic N) is 6. The van der Waals surface area contributed by atoms with Crippen LogP contribution in [0.5, 0.6) is 17.2 Å². The number of nitrogens with one attached hydrogen (secondary N) is 1. The van der Waals surface area contributed by atoms with Gasteiger partial charge in [-0.15, -0.1) is 20.5 Å². The van der Waals surface area contributed by atoms with E-state index in [1.54, 1.807) is 20.3 Å². The van der Waals surface area contributed by atoms with Crippen molar-refractivity contribution >= 4 is 77.8 Å². The summed E-state index contributed by atoms with van der Waals surface area (Å²) in [5.74, 6) is 1.38. The van der Waals surface area contributed by atoms with Gasteiger partial charge in [0.15, 0.2) is 5.75 Å². The van der Waals surface area contributed by atoms with Gasteiger partial charge in [-0.3, -0.25) is 0 Å². The SMILES string of the molecule is COc1ccc(Nc2ccc3c(O)c(N=Nc4cc(C)c(N=Nc5c(OC)cc(N=Nc6cccc7ccccc67)c6ccccc56)cc4C)ccc3c2)cc1. The lowest BCUT2D eigenvalue weighted by molar-refractivity contribution is 0.415. The molecule has 0 spiro atoms. The first-order chi connectivity index (χ1) is 27.4. The first-order valence-corrected chi connectivity index (χ1v) is 18.0. The molecule has 0 unspecified atom stereocenters. The molecule has 10 nitrogen and oxygen atoms in total. The number of anilines is 2. The highest BCUT2D eigenvalue weighted by Gasteiger charge is 2.14. The summed E-state index contributed by atoms with van der Waals surface area (Å²) in [4.78, 5) is 0. The van der Waals surface area contributed by atoms with Crippen molar-refractivity contribution in [2.24, 2.45) is 30.7 Å². The van der Waals surface area contributed by atoms with Crippen LogP contribution in [0, 0.1) is 13.8 Å². The number of azo groups is 3. The average molecular weight is 736 g/mol. The summed E-state index contributed by atoms with van der Waals surface area (Å²) in [5, 5.41) is 47.5. The molecule has 56 heavy (non-hydrogen) atoms. The molecule has 0 aliphatic heterocycles. The van der Waals surface area contributed by atoms with Gasteiger partial charge in [0, 0.05) is 39.0 Å². The maximum atomic E-state index is 11.1. The summed E-state index contributed by atoms with van der Waals surface area (Å²) in [6.45, 7) is 3.89. The molecule has 0 heterocycles. The van der Waals surface area contributed by atoms with Crippen molar-refractivity contribution in [3.8, 4) is 17.2 Å². The number of benzene rings is 8. The molecular formula is C46H37N7O3. The average Bonchev–Trinajstić information content (AvgIpc) is 3.23. The third kappa shape index (κ3) is 7.23. The zero-order valence-electron chi connectivity index (χ0n) is 31.2. The standard InChI is InChI=1S/C46H37N7O3/c1-28-25-42(29(2)24-41(28)50-49-40-23-16-31-26-33(19-22-36(31)46(40)54)47-32-17-20-34(55-3)21-18-32)51-53-45-38-14-8-7-13-37(38)43(27-44(45)56-4)52-48-39-15-9-11-30-10-5-6-12-35(30)39/h5-27,47,54H,1-4H3. The van der Waals surface area contributed by atoms with E-state index in [1.807, 2.05) is 135 Å². The van der Waals surface area contributed by atoms with Crippen molar-refractivity contribution in [3.63, 3.8) is 0 Å². The summed E-state index contributed by atoms with van der Waals surface area (Å²) in [6, 6.07) is 44.8. The normalized spacial score (nSPS) is 11.8. The van der Waals surface area contributed by atoms with Gasteiger partial charge in [0.05, 0.1) is 37.0 Å². The highest BCUT2D eigenvalue weighted by molar-refractivity contribution is 6.02. The van der Waals surface area contributed by atoms with Crippen LogP contribution in [0.3, 0.4) is 0 Å². The van der Waals surface area contributed by atoms with Crippen molar-refractivity contribution < 1.29 is 14.6 Å². The van der Waals surface area contributed by atoms with E-state index in [4.69, 9.17) is 14.6 Å². The zero-order chi connectivity index (χ0) is 38.6. The van der Waals surface area contributed by atoms with Gasteiger partial charge >= 0.3 is 0 Å². The summed E-state index contributed by atoms with van der Waals surface area (Å²) < 4.78 is 11.1. The highest BCUT2D eigenvalue weighted by atomic mass is 16.5. The molecule has 10 heteroatoms. The Morgan fingerprint density at radius 1 is 0.446 bits per heavy atom. The van der Waals surface area contributed by atoms with Crippen LogP contribution in [0.25, 0.3) is 32.3 Å². The number of ether oxygens (including phenoxy) is 2. The number of aryl methyl sites for hydroxylation is 2. The smallest absolute Gasteiger partial charge is 0.150 e. The first-order valence-electron chi connectivity index (χ1n) is 18.0. The second-order valence-corrected chi connectivity index (χ2v) is 13.2. The maximum Gasteiger partial charge on any atom is 0.150 e. The first kappa shape index (κ1) is 35.6. The second-order valence-electron chi connectivity index (χ2n) is 13.2. The minimum absolute atomic E-state index is 0.0595. The minimum Gasteiger partial charge on any atom is -0.505 e. The van der Waals surface area contributed by atoms with Crippen LogP contribution in [0.2, 0.25) is 0 Å². The second kappa shape index (κ2) is 15.5. The fourth-order valence-electron chi connectivity index (χ4n) is 6.57. The Bertz CT molecular complexity index is 2840. The van der Waals surface area contributed by atoms with Gasteiger partial charge in [-0.1, -0.05) is 66.7 Å². The maximum absolute atomic E-state index is 11.1. The number of rotatable bonds is 10. The molecule has 0 amide bonds. The van der Waals surface area contributed by atoms with Crippen LogP contribution in [-0.4, -0.2) is 19.3 Å². The molecule has 0 saturated heterocycles. The molecule has 2 N–H and O–H groups in total. The topological polar surface area (TPSA) is 125 Å². The molecule has 0 atom stereocenters. The summed E-state index contributed by atoms with van der Waals surface area (Å²) >= 11 is 0. The summed E-state index contributed by atoms with van der Waals surface area (Å²) in [5.41, 5.74) is 7.27. The number of fused-ring (bicyclic) bond motifs is 3. The van der Waals surface area contributed by atoms with Crippen LogP contribution in [0.1, 0.15) is 11.1 Å². The number of aromatic hydroxyl groups is 1. The van der Waals surface area contributed by atoms with Gasteiger partial charge in [0.25, 0.3) is 0 Å². The lowest BCUT2D eigenvalue weighted by Gasteiger charge is -2.11. The fourth-order valence-corrected chi connectivity index (χ4v) is 6.57. The lowest BCUT2D eigenvalue weighted by atomic mass is 10.1. The van der Waals surface area contributed by atoms with Gasteiger partial charge < -0.3 is 19.9 Å². The van der Waals surface area contributed by atoms with Crippen LogP contribution >= 0.6 is 0 Å². The van der Waals surface area contributed by atoms with Crippen LogP contribution in [0.15, 0.2) is 170 Å². The molecule has 0 aliphatic rings. The third-order valence-corrected chi connectivity index (χ3v) is 9.60. The van der Waals surface area contributed by atoms with Gasteiger partial charge in [0.1, 0.15) is 22.9 Å². The number of hydrogen-bond acceptors (Lipinski definition) is 10. The molecular weight excluding hydrogens is 699 g/mol. The Hall–Kier alpha value is -7.46. The van der Waals surface area contributed by atoms with E-state index in [9.17, 15) is 5.11 Å². The zero-order valence-corrected chi connectivity index (χ0v) is 31.2. The van der Waals surface area contributed by atoms with Crippen molar-refractivity contribution in [1.29, 1.82) is 0 Å². The Kier molecular flexibility index (Phi) is 9.84. The van der Waals surface area contributed by atoms with Crippen LogP contribution in [-0.2, 0) is 0 Å². The summed E-state index contributed by atoms with van der Waals surface area (Å²) in [6.07, 6.45) is 0. The molecule has 8 rings (SSSR count). The van der Waals surface area contributed by atoms with Crippen molar-refractivity contribution in [2.45, 2.75) is 13.8 Å². The summed E-state index contributed by atoms with van der Waals surface area (Å²) in [7, 11) is 3.25. The lowest BCUT2D eigenvalue weighted by Crippen LogP contribution is -1.90. The Balaban J connectivity index is 1.04. The third-order valence-electron chi connectivity index (χ3n) is 9.60. The molecule has 0 radical (unpaired) electrons. The molecule has 8 aromatic rings. The van der Waals surface area contributed by atoms with E-state index < -0.39 is 0 Å². The Labute approximate surface area is 323 Å². The molecule has 0 saturated carbocycles. The van der Waals surface area contributed by atoms with Crippen molar-refractivity contribution in [2.75, 3.05) is 19.5 Å². The fraction of sp³-hybridized carbons (Fsp3) is 0.0870. The Morgan fingerprint density at radius 2 is 1.07 bits per heavy atom. The van der Waals surface area contributed by atoms with Gasteiger partial charge in [-0.2, -0.15) is 10.2 Å².